The van der Waals surface area contributed by atoms with Crippen LogP contribution < -0.4 is 14.9 Å². The molecule has 1 fully saturated rings. The third kappa shape index (κ3) is 5.14. The Morgan fingerprint density at radius 3 is 2.54 bits per heavy atom. The Labute approximate surface area is 164 Å². The van der Waals surface area contributed by atoms with E-state index >= 15 is 0 Å². The van der Waals surface area contributed by atoms with E-state index in [9.17, 15) is 18.1 Å². The predicted octanol–water partition coefficient (Wildman–Crippen LogP) is 4.32. The molecular formula is C20H23F2NO4S. The van der Waals surface area contributed by atoms with Crippen LogP contribution in [0.15, 0.2) is 35.1 Å². The van der Waals surface area contributed by atoms with Crippen LogP contribution in [0.2, 0.25) is 0 Å². The molecule has 2 aromatic rings. The first-order valence-electron chi connectivity index (χ1n) is 8.89. The van der Waals surface area contributed by atoms with Gasteiger partial charge in [0.15, 0.2) is 16.9 Å². The molecule has 1 N–H and O–H groups in total. The number of pyridine rings is 1. The van der Waals surface area contributed by atoms with Crippen LogP contribution in [0.1, 0.15) is 23.4 Å². The van der Waals surface area contributed by atoms with Crippen molar-refractivity contribution in [2.45, 2.75) is 33.0 Å². The standard InChI is InChI=1S/C20H23F2NO4S/c1-13-9-16(24)10-14(2)23(13)7-5-15-3-4-18(27-20(21)22)19(11-15)26-17-6-8-28(25)12-17/h3-5,7,9-11,17,20,25,28H,6,8,12H2,1-2H3/b7-5+/t17-/m1/s1. The monoisotopic (exact) mass is 411 g/mol. The van der Waals surface area contributed by atoms with Gasteiger partial charge in [0.1, 0.15) is 6.10 Å². The molecule has 5 nitrogen and oxygen atoms in total. The van der Waals surface area contributed by atoms with Gasteiger partial charge in [-0.15, -0.1) is 11.2 Å². The van der Waals surface area contributed by atoms with E-state index in [4.69, 9.17) is 4.74 Å². The zero-order chi connectivity index (χ0) is 20.3. The van der Waals surface area contributed by atoms with Crippen LogP contribution >= 0.6 is 11.2 Å². The third-order valence-corrected chi connectivity index (χ3v) is 6.08. The van der Waals surface area contributed by atoms with E-state index in [0.29, 0.717) is 17.9 Å². The molecule has 1 unspecified atom stereocenters. The molecule has 152 valence electrons. The van der Waals surface area contributed by atoms with Crippen LogP contribution in [0.25, 0.3) is 12.3 Å². The molecule has 0 radical (unpaired) electrons. The van der Waals surface area contributed by atoms with Crippen molar-refractivity contribution >= 4 is 23.5 Å². The molecule has 1 aliphatic heterocycles. The highest BCUT2D eigenvalue weighted by atomic mass is 32.2. The van der Waals surface area contributed by atoms with E-state index in [1.54, 1.807) is 36.5 Å². The topological polar surface area (TPSA) is 60.7 Å². The van der Waals surface area contributed by atoms with Crippen molar-refractivity contribution in [3.05, 3.63) is 57.5 Å². The van der Waals surface area contributed by atoms with E-state index in [2.05, 4.69) is 4.74 Å². The molecule has 1 aliphatic rings. The zero-order valence-electron chi connectivity index (χ0n) is 15.6. The van der Waals surface area contributed by atoms with E-state index < -0.39 is 17.8 Å². The Hall–Kier alpha value is -2.32. The lowest BCUT2D eigenvalue weighted by Gasteiger charge is -2.17. The van der Waals surface area contributed by atoms with Gasteiger partial charge in [-0.3, -0.25) is 4.79 Å². The lowest BCUT2D eigenvalue weighted by atomic mass is 10.2. The fourth-order valence-corrected chi connectivity index (χ4v) is 4.66. The molecule has 28 heavy (non-hydrogen) atoms. The Kier molecular flexibility index (Phi) is 6.41. The SMILES string of the molecule is Cc1cc(=O)cc(C)n1/C=C/c1ccc(OC(F)F)c(O[C@@H]2CC[SH](O)C2)c1. The van der Waals surface area contributed by atoms with E-state index in [-0.39, 0.29) is 23.0 Å². The maximum atomic E-state index is 12.7. The Morgan fingerprint density at radius 2 is 1.93 bits per heavy atom. The van der Waals surface area contributed by atoms with Crippen molar-refractivity contribution in [1.82, 2.24) is 4.57 Å². The predicted molar refractivity (Wildman–Crippen MR) is 109 cm³/mol. The average molecular weight is 411 g/mol. The number of nitrogens with zero attached hydrogens (tertiary/aromatic N) is 1. The van der Waals surface area contributed by atoms with Gasteiger partial charge in [-0.05, 0) is 49.8 Å². The molecular weight excluding hydrogens is 388 g/mol. The molecule has 3 rings (SSSR count). The van der Waals surface area contributed by atoms with Crippen LogP contribution in [0.5, 0.6) is 11.5 Å². The van der Waals surface area contributed by atoms with Crippen LogP contribution in [0, 0.1) is 13.8 Å². The van der Waals surface area contributed by atoms with Gasteiger partial charge in [0, 0.05) is 35.5 Å². The highest BCUT2D eigenvalue weighted by Crippen LogP contribution is 2.36. The molecule has 1 aromatic carbocycles. The van der Waals surface area contributed by atoms with Gasteiger partial charge in [0.05, 0.1) is 0 Å². The van der Waals surface area contributed by atoms with Crippen LogP contribution in [0.4, 0.5) is 8.78 Å². The van der Waals surface area contributed by atoms with Gasteiger partial charge in [0.2, 0.25) is 0 Å². The van der Waals surface area contributed by atoms with Gasteiger partial charge < -0.3 is 18.6 Å². The summed E-state index contributed by atoms with van der Waals surface area (Å²) < 4.78 is 47.4. The van der Waals surface area contributed by atoms with Gasteiger partial charge in [-0.1, -0.05) is 6.07 Å². The van der Waals surface area contributed by atoms with Crippen molar-refractivity contribution in [3.63, 3.8) is 0 Å². The number of thiol groups is 1. The number of aromatic nitrogens is 1. The first-order valence-corrected chi connectivity index (χ1v) is 10.6. The molecule has 0 spiro atoms. The minimum absolute atomic E-state index is 0.0305. The second-order valence-electron chi connectivity index (χ2n) is 6.69. The quantitative estimate of drug-likeness (QED) is 0.695. The average Bonchev–Trinajstić information content (AvgIpc) is 3.00. The summed E-state index contributed by atoms with van der Waals surface area (Å²) in [6.07, 6.45) is 4.08. The smallest absolute Gasteiger partial charge is 0.387 e. The van der Waals surface area contributed by atoms with Gasteiger partial charge in [0.25, 0.3) is 0 Å². The fraction of sp³-hybridized carbons (Fsp3) is 0.350. The number of benzene rings is 1. The van der Waals surface area contributed by atoms with Crippen molar-refractivity contribution < 1.29 is 22.8 Å². The summed E-state index contributed by atoms with van der Waals surface area (Å²) in [5.41, 5.74) is 2.26. The maximum Gasteiger partial charge on any atom is 0.387 e. The number of ether oxygens (including phenoxy) is 2. The summed E-state index contributed by atoms with van der Waals surface area (Å²) in [5, 5.41) is 0. The normalized spacial score (nSPS) is 20.8. The molecule has 2 atom stereocenters. The summed E-state index contributed by atoms with van der Waals surface area (Å²) >= 11 is -1.04. The second kappa shape index (κ2) is 8.79. The number of hydrogen-bond acceptors (Lipinski definition) is 4. The molecule has 1 saturated heterocycles. The number of alkyl halides is 2. The van der Waals surface area contributed by atoms with Gasteiger partial charge in [-0.2, -0.15) is 8.78 Å². The summed E-state index contributed by atoms with van der Waals surface area (Å²) in [6.45, 7) is 0.717. The molecule has 2 heterocycles. The molecule has 0 amide bonds. The molecule has 0 saturated carbocycles. The third-order valence-electron chi connectivity index (χ3n) is 4.48. The van der Waals surface area contributed by atoms with Crippen LogP contribution in [0.3, 0.4) is 0 Å². The van der Waals surface area contributed by atoms with Crippen molar-refractivity contribution in [2.24, 2.45) is 0 Å². The van der Waals surface area contributed by atoms with Crippen molar-refractivity contribution in [3.8, 4) is 11.5 Å². The number of hydrogen-bond donors (Lipinski definition) is 2. The summed E-state index contributed by atoms with van der Waals surface area (Å²) in [4.78, 5) is 11.5. The second-order valence-corrected chi connectivity index (χ2v) is 8.51. The Balaban J connectivity index is 1.87. The number of rotatable bonds is 6. The molecule has 0 bridgehead atoms. The molecule has 0 aliphatic carbocycles. The minimum atomic E-state index is -2.95. The number of aryl methyl sites for hydroxylation is 2. The van der Waals surface area contributed by atoms with Gasteiger partial charge >= 0.3 is 6.61 Å². The first kappa shape index (κ1) is 20.4. The number of halogens is 2. The van der Waals surface area contributed by atoms with Crippen LogP contribution in [-0.4, -0.2) is 33.3 Å². The summed E-state index contributed by atoms with van der Waals surface area (Å²) in [5.74, 6) is 1.41. The van der Waals surface area contributed by atoms with Crippen molar-refractivity contribution in [1.29, 1.82) is 0 Å². The largest absolute Gasteiger partial charge is 0.486 e. The summed E-state index contributed by atoms with van der Waals surface area (Å²) in [6, 6.07) is 7.82. The maximum absolute atomic E-state index is 12.7. The first-order chi connectivity index (χ1) is 13.3. The van der Waals surface area contributed by atoms with E-state index in [0.717, 1.165) is 17.0 Å². The lowest BCUT2D eigenvalue weighted by molar-refractivity contribution is -0.0519. The highest BCUT2D eigenvalue weighted by Gasteiger charge is 2.24. The van der Waals surface area contributed by atoms with Crippen LogP contribution in [-0.2, 0) is 0 Å². The van der Waals surface area contributed by atoms with E-state index in [1.807, 2.05) is 18.4 Å². The van der Waals surface area contributed by atoms with Gasteiger partial charge in [-0.25, -0.2) is 0 Å². The highest BCUT2D eigenvalue weighted by molar-refractivity contribution is 8.12. The lowest BCUT2D eigenvalue weighted by Crippen LogP contribution is -2.16. The zero-order valence-corrected chi connectivity index (χ0v) is 16.5. The van der Waals surface area contributed by atoms with E-state index in [1.165, 1.54) is 6.07 Å². The fourth-order valence-electron chi connectivity index (χ4n) is 3.17. The minimum Gasteiger partial charge on any atom is -0.486 e. The molecule has 8 heteroatoms. The van der Waals surface area contributed by atoms with Crippen molar-refractivity contribution in [2.75, 3.05) is 11.5 Å². The molecule has 1 aromatic heterocycles. The summed E-state index contributed by atoms with van der Waals surface area (Å²) in [7, 11) is 0. The Morgan fingerprint density at radius 1 is 1.21 bits per heavy atom. The Bertz CT molecular complexity index is 903.